The van der Waals surface area contributed by atoms with Gasteiger partial charge in [0.15, 0.2) is 0 Å². The van der Waals surface area contributed by atoms with Crippen LogP contribution in [0.15, 0.2) is 28.4 Å². The van der Waals surface area contributed by atoms with Gasteiger partial charge in [-0.1, -0.05) is 48.0 Å². The number of ether oxygens (including phenoxy) is 1. The zero-order chi connectivity index (χ0) is 27.0. The molecule has 1 atom stereocenters. The topological polar surface area (TPSA) is 129 Å². The molecule has 10 heteroatoms. The van der Waals surface area contributed by atoms with E-state index in [1.165, 1.54) is 0 Å². The summed E-state index contributed by atoms with van der Waals surface area (Å²) in [6, 6.07) is 5.49. The maximum atomic E-state index is 9.27. The number of anilines is 4. The van der Waals surface area contributed by atoms with E-state index in [4.69, 9.17) is 4.74 Å². The number of methoxy groups -OCH3 is 1. The molecule has 0 amide bonds. The van der Waals surface area contributed by atoms with Crippen molar-refractivity contribution in [3.63, 3.8) is 0 Å². The number of azo groups is 1. The smallest absolute Gasteiger partial charge is 0.233 e. The maximum Gasteiger partial charge on any atom is 0.233 e. The van der Waals surface area contributed by atoms with Gasteiger partial charge in [0.05, 0.1) is 18.5 Å². The molecule has 0 aliphatic rings. The normalized spacial score (nSPS) is 12.0. The number of hydrogen-bond acceptors (Lipinski definition) is 10. The highest BCUT2D eigenvalue weighted by Crippen LogP contribution is 2.31. The lowest BCUT2D eigenvalue weighted by Gasteiger charge is -2.23. The zero-order valence-electron chi connectivity index (χ0n) is 23.4. The van der Waals surface area contributed by atoms with Crippen LogP contribution in [-0.2, 0) is 0 Å². The minimum Gasteiger partial charge on any atom is -0.494 e. The first-order valence-corrected chi connectivity index (χ1v) is 12.9. The molecule has 202 valence electrons. The van der Waals surface area contributed by atoms with E-state index >= 15 is 0 Å². The minimum absolute atomic E-state index is 0.0260. The van der Waals surface area contributed by atoms with E-state index < -0.39 is 0 Å². The second kappa shape index (κ2) is 16.6. The lowest BCUT2D eigenvalue weighted by Crippen LogP contribution is -2.19. The first kappa shape index (κ1) is 31.0. The Morgan fingerprint density at radius 1 is 1.03 bits per heavy atom. The Morgan fingerprint density at radius 3 is 2.25 bits per heavy atom. The molecule has 0 bridgehead atoms. The van der Waals surface area contributed by atoms with Gasteiger partial charge < -0.3 is 25.8 Å². The van der Waals surface area contributed by atoms with Crippen LogP contribution in [0.3, 0.4) is 0 Å². The standard InChI is InChI=1S/C24H40N8O2.C2H6/c1-7-17(2)10-13-26-21-29-22(27-14-11-24(3,4)12-15-33)31-23(30-21)28-19-9-8-18(32-25-5)16-20(19)34-6;1-2/h8-9,16-17,33H,7,10-15H2,1-6H3,(H3,26,27,28,29,30,31);1-2H3. The highest BCUT2D eigenvalue weighted by Gasteiger charge is 2.17. The summed E-state index contributed by atoms with van der Waals surface area (Å²) in [7, 11) is 3.22. The van der Waals surface area contributed by atoms with Gasteiger partial charge in [-0.2, -0.15) is 25.2 Å². The van der Waals surface area contributed by atoms with Crippen LogP contribution in [0.2, 0.25) is 0 Å². The zero-order valence-corrected chi connectivity index (χ0v) is 23.4. The molecule has 1 unspecified atom stereocenters. The van der Waals surface area contributed by atoms with Gasteiger partial charge in [-0.15, -0.1) is 0 Å². The van der Waals surface area contributed by atoms with Crippen LogP contribution in [0.4, 0.5) is 29.2 Å². The van der Waals surface area contributed by atoms with Crippen LogP contribution in [0.1, 0.15) is 67.2 Å². The minimum atomic E-state index is 0.0260. The molecule has 2 rings (SSSR count). The summed E-state index contributed by atoms with van der Waals surface area (Å²) in [5, 5.41) is 27.0. The summed E-state index contributed by atoms with van der Waals surface area (Å²) in [5.41, 5.74) is 1.43. The van der Waals surface area contributed by atoms with E-state index in [1.807, 2.05) is 26.0 Å². The lowest BCUT2D eigenvalue weighted by atomic mass is 9.86. The fourth-order valence-electron chi connectivity index (χ4n) is 3.25. The maximum absolute atomic E-state index is 9.27. The summed E-state index contributed by atoms with van der Waals surface area (Å²) in [6.07, 6.45) is 3.79. The number of benzene rings is 1. The molecule has 4 N–H and O–H groups in total. The van der Waals surface area contributed by atoms with Crippen molar-refractivity contribution in [3.8, 4) is 5.75 Å². The molecular formula is C26H46N8O2. The van der Waals surface area contributed by atoms with Crippen molar-refractivity contribution in [3.05, 3.63) is 18.2 Å². The fourth-order valence-corrected chi connectivity index (χ4v) is 3.25. The molecule has 0 radical (unpaired) electrons. The quantitative estimate of drug-likeness (QED) is 0.205. The van der Waals surface area contributed by atoms with Crippen molar-refractivity contribution >= 4 is 29.2 Å². The van der Waals surface area contributed by atoms with Gasteiger partial charge in [0.1, 0.15) is 5.75 Å². The van der Waals surface area contributed by atoms with Crippen molar-refractivity contribution < 1.29 is 9.84 Å². The summed E-state index contributed by atoms with van der Waals surface area (Å²) >= 11 is 0. The van der Waals surface area contributed by atoms with Crippen LogP contribution in [0, 0.1) is 11.3 Å². The lowest BCUT2D eigenvalue weighted by molar-refractivity contribution is 0.205. The molecular weight excluding hydrogens is 456 g/mol. The molecule has 1 heterocycles. The van der Waals surface area contributed by atoms with Crippen molar-refractivity contribution in [1.29, 1.82) is 0 Å². The Hall–Kier alpha value is -3.01. The van der Waals surface area contributed by atoms with Crippen LogP contribution in [0.25, 0.3) is 0 Å². The Labute approximate surface area is 216 Å². The molecule has 1 aromatic carbocycles. The van der Waals surface area contributed by atoms with E-state index in [0.29, 0.717) is 47.4 Å². The Kier molecular flexibility index (Phi) is 14.3. The number of nitrogens with one attached hydrogen (secondary N) is 3. The van der Waals surface area contributed by atoms with Crippen molar-refractivity contribution in [1.82, 2.24) is 15.0 Å². The van der Waals surface area contributed by atoms with Crippen molar-refractivity contribution in [2.75, 3.05) is 49.8 Å². The number of hydrogen-bond donors (Lipinski definition) is 4. The van der Waals surface area contributed by atoms with Gasteiger partial charge in [-0.3, -0.25) is 0 Å². The van der Waals surface area contributed by atoms with E-state index in [2.05, 4.69) is 68.8 Å². The molecule has 36 heavy (non-hydrogen) atoms. The van der Waals surface area contributed by atoms with Crippen LogP contribution in [0.5, 0.6) is 5.75 Å². The van der Waals surface area contributed by atoms with Gasteiger partial charge >= 0.3 is 0 Å². The monoisotopic (exact) mass is 502 g/mol. The van der Waals surface area contributed by atoms with E-state index in [1.54, 1.807) is 20.2 Å². The molecule has 2 aromatic rings. The second-order valence-electron chi connectivity index (χ2n) is 9.16. The number of rotatable bonds is 15. The van der Waals surface area contributed by atoms with E-state index in [-0.39, 0.29) is 12.0 Å². The first-order valence-electron chi connectivity index (χ1n) is 12.9. The highest BCUT2D eigenvalue weighted by atomic mass is 16.5. The molecule has 1 aromatic heterocycles. The Morgan fingerprint density at radius 2 is 1.67 bits per heavy atom. The van der Waals surface area contributed by atoms with Gasteiger partial charge in [-0.25, -0.2) is 0 Å². The molecule has 0 spiro atoms. The van der Waals surface area contributed by atoms with E-state index in [9.17, 15) is 5.11 Å². The molecule has 0 saturated heterocycles. The van der Waals surface area contributed by atoms with Crippen LogP contribution in [-0.4, -0.2) is 53.9 Å². The number of aromatic nitrogens is 3. The van der Waals surface area contributed by atoms with Gasteiger partial charge in [0.25, 0.3) is 0 Å². The SMILES string of the molecule is CC.CCC(C)CCNc1nc(NCCC(C)(C)CCO)nc(Nc2ccc(N=NC)cc2OC)n1. The van der Waals surface area contributed by atoms with Gasteiger partial charge in [0, 0.05) is 32.8 Å². The molecule has 0 saturated carbocycles. The number of aliphatic hydroxyl groups excluding tert-OH is 1. The Bertz CT molecular complexity index is 921. The summed E-state index contributed by atoms with van der Waals surface area (Å²) in [4.78, 5) is 13.7. The average Bonchev–Trinajstić information content (AvgIpc) is 2.86. The third kappa shape index (κ3) is 11.2. The van der Waals surface area contributed by atoms with Gasteiger partial charge in [-0.05, 0) is 42.7 Å². The number of aliphatic hydroxyl groups is 1. The largest absolute Gasteiger partial charge is 0.494 e. The van der Waals surface area contributed by atoms with Gasteiger partial charge in [0.2, 0.25) is 17.8 Å². The molecule has 0 fully saturated rings. The van der Waals surface area contributed by atoms with Crippen LogP contribution >= 0.6 is 0 Å². The second-order valence-corrected chi connectivity index (χ2v) is 9.16. The van der Waals surface area contributed by atoms with Crippen LogP contribution < -0.4 is 20.7 Å². The summed E-state index contributed by atoms with van der Waals surface area (Å²) in [5.74, 6) is 2.63. The fraction of sp³-hybridized carbons (Fsp3) is 0.654. The highest BCUT2D eigenvalue weighted by molar-refractivity contribution is 5.67. The average molecular weight is 503 g/mol. The predicted molar refractivity (Wildman–Crippen MR) is 149 cm³/mol. The Balaban J connectivity index is 0.00000316. The third-order valence-electron chi connectivity index (χ3n) is 5.77. The number of nitrogens with zero attached hydrogens (tertiary/aromatic N) is 5. The molecule has 0 aliphatic heterocycles. The third-order valence-corrected chi connectivity index (χ3v) is 5.77. The summed E-state index contributed by atoms with van der Waals surface area (Å²) < 4.78 is 5.51. The first-order chi connectivity index (χ1) is 17.3. The molecule has 0 aliphatic carbocycles. The predicted octanol–water partition coefficient (Wildman–Crippen LogP) is 6.42. The van der Waals surface area contributed by atoms with Crippen molar-refractivity contribution in [2.24, 2.45) is 21.6 Å². The van der Waals surface area contributed by atoms with E-state index in [0.717, 1.165) is 32.2 Å². The summed E-state index contributed by atoms with van der Waals surface area (Å²) in [6.45, 7) is 14.3. The molecule has 10 nitrogen and oxygen atoms in total. The van der Waals surface area contributed by atoms with Crippen molar-refractivity contribution in [2.45, 2.75) is 67.2 Å².